The Morgan fingerprint density at radius 2 is 1.85 bits per heavy atom. The van der Waals surface area contributed by atoms with Crippen LogP contribution in [-0.4, -0.2) is 11.7 Å². The van der Waals surface area contributed by atoms with Gasteiger partial charge >= 0.3 is 0 Å². The summed E-state index contributed by atoms with van der Waals surface area (Å²) in [5.74, 6) is 0.796. The largest absolute Gasteiger partial charge is 0.396 e. The van der Waals surface area contributed by atoms with Gasteiger partial charge in [-0.05, 0) is 24.2 Å². The van der Waals surface area contributed by atoms with Gasteiger partial charge in [-0.25, -0.2) is 0 Å². The number of hydrogen-bond acceptors (Lipinski definition) is 1. The molecule has 0 saturated carbocycles. The van der Waals surface area contributed by atoms with E-state index in [1.807, 2.05) is 0 Å². The van der Waals surface area contributed by atoms with Crippen LogP contribution < -0.4 is 0 Å². The fourth-order valence-electron chi connectivity index (χ4n) is 1.82. The molecule has 13 heavy (non-hydrogen) atoms. The molecule has 0 aromatic rings. The van der Waals surface area contributed by atoms with Crippen LogP contribution in [-0.2, 0) is 0 Å². The van der Waals surface area contributed by atoms with Gasteiger partial charge in [0.25, 0.3) is 0 Å². The summed E-state index contributed by atoms with van der Waals surface area (Å²) in [6, 6.07) is 0. The van der Waals surface area contributed by atoms with E-state index in [-0.39, 0.29) is 5.41 Å². The summed E-state index contributed by atoms with van der Waals surface area (Å²) in [7, 11) is 0. The van der Waals surface area contributed by atoms with Crippen LogP contribution in [0.3, 0.4) is 0 Å². The zero-order valence-electron chi connectivity index (χ0n) is 9.77. The van der Waals surface area contributed by atoms with Gasteiger partial charge in [-0.3, -0.25) is 0 Å². The Morgan fingerprint density at radius 3 is 2.23 bits per heavy atom. The van der Waals surface area contributed by atoms with Gasteiger partial charge in [0.1, 0.15) is 0 Å². The minimum absolute atomic E-state index is 0.184. The summed E-state index contributed by atoms with van der Waals surface area (Å²) < 4.78 is 0. The highest BCUT2D eigenvalue weighted by molar-refractivity contribution is 4.72. The molecule has 80 valence electrons. The fraction of sp³-hybridized carbons (Fsp3) is 1.00. The molecule has 0 aliphatic heterocycles. The van der Waals surface area contributed by atoms with E-state index in [0.29, 0.717) is 6.61 Å². The molecule has 0 bridgehead atoms. The molecule has 0 aliphatic carbocycles. The van der Waals surface area contributed by atoms with Crippen LogP contribution >= 0.6 is 0 Å². The smallest absolute Gasteiger partial charge is 0.0484 e. The monoisotopic (exact) mass is 186 g/mol. The van der Waals surface area contributed by atoms with E-state index in [9.17, 15) is 5.11 Å². The molecule has 1 unspecified atom stereocenters. The maximum absolute atomic E-state index is 9.28. The predicted molar refractivity (Wildman–Crippen MR) is 58.8 cm³/mol. The highest BCUT2D eigenvalue weighted by Crippen LogP contribution is 2.29. The van der Waals surface area contributed by atoms with Crippen molar-refractivity contribution >= 4 is 0 Å². The van der Waals surface area contributed by atoms with Crippen LogP contribution in [0.4, 0.5) is 0 Å². The molecule has 1 heteroatoms. The van der Waals surface area contributed by atoms with Crippen molar-refractivity contribution in [3.05, 3.63) is 0 Å². The number of aliphatic hydroxyl groups excluding tert-OH is 1. The van der Waals surface area contributed by atoms with Crippen molar-refractivity contribution in [1.29, 1.82) is 0 Å². The minimum Gasteiger partial charge on any atom is -0.396 e. The van der Waals surface area contributed by atoms with Gasteiger partial charge in [0.2, 0.25) is 0 Å². The number of hydrogen-bond donors (Lipinski definition) is 1. The van der Waals surface area contributed by atoms with Crippen molar-refractivity contribution in [2.45, 2.75) is 59.8 Å². The molecule has 0 aromatic carbocycles. The zero-order chi connectivity index (χ0) is 10.3. The molecule has 0 saturated heterocycles. The van der Waals surface area contributed by atoms with Crippen LogP contribution in [0.5, 0.6) is 0 Å². The number of rotatable bonds is 7. The number of aliphatic hydroxyl groups is 1. The SMILES string of the molecule is CCCC(C)(CO)CCCC(C)C. The molecule has 1 atom stereocenters. The van der Waals surface area contributed by atoms with Crippen molar-refractivity contribution in [2.75, 3.05) is 6.61 Å². The quantitative estimate of drug-likeness (QED) is 0.644. The maximum Gasteiger partial charge on any atom is 0.0484 e. The average molecular weight is 186 g/mol. The van der Waals surface area contributed by atoms with E-state index in [1.54, 1.807) is 0 Å². The highest BCUT2D eigenvalue weighted by Gasteiger charge is 2.21. The van der Waals surface area contributed by atoms with Gasteiger partial charge in [-0.2, -0.15) is 0 Å². The van der Waals surface area contributed by atoms with E-state index in [1.165, 1.54) is 25.7 Å². The molecule has 0 radical (unpaired) electrons. The standard InChI is InChI=1S/C12H26O/c1-5-8-12(4,10-13)9-6-7-11(2)3/h11,13H,5-10H2,1-4H3. The topological polar surface area (TPSA) is 20.2 Å². The highest BCUT2D eigenvalue weighted by atomic mass is 16.3. The summed E-state index contributed by atoms with van der Waals surface area (Å²) in [5, 5.41) is 9.28. The second kappa shape index (κ2) is 6.42. The summed E-state index contributed by atoms with van der Waals surface area (Å²) in [4.78, 5) is 0. The normalized spacial score (nSPS) is 16.2. The van der Waals surface area contributed by atoms with Gasteiger partial charge in [-0.1, -0.05) is 47.0 Å². The summed E-state index contributed by atoms with van der Waals surface area (Å²) in [5.41, 5.74) is 0.184. The van der Waals surface area contributed by atoms with Crippen LogP contribution in [0.1, 0.15) is 59.8 Å². The second-order valence-corrected chi connectivity index (χ2v) is 5.00. The van der Waals surface area contributed by atoms with E-state index in [4.69, 9.17) is 0 Å². The lowest BCUT2D eigenvalue weighted by atomic mass is 9.81. The summed E-state index contributed by atoms with van der Waals surface area (Å²) >= 11 is 0. The second-order valence-electron chi connectivity index (χ2n) is 5.00. The van der Waals surface area contributed by atoms with E-state index >= 15 is 0 Å². The first-order valence-corrected chi connectivity index (χ1v) is 5.65. The van der Waals surface area contributed by atoms with Gasteiger partial charge < -0.3 is 5.11 Å². The van der Waals surface area contributed by atoms with Gasteiger partial charge in [0.15, 0.2) is 0 Å². The fourth-order valence-corrected chi connectivity index (χ4v) is 1.82. The first-order chi connectivity index (χ1) is 6.04. The molecule has 0 amide bonds. The molecule has 0 aromatic heterocycles. The van der Waals surface area contributed by atoms with E-state index in [2.05, 4.69) is 27.7 Å². The van der Waals surface area contributed by atoms with Gasteiger partial charge in [0.05, 0.1) is 0 Å². The first-order valence-electron chi connectivity index (χ1n) is 5.65. The third-order valence-electron chi connectivity index (χ3n) is 2.80. The minimum atomic E-state index is 0.184. The lowest BCUT2D eigenvalue weighted by molar-refractivity contribution is 0.118. The Kier molecular flexibility index (Phi) is 6.40. The molecular weight excluding hydrogens is 160 g/mol. The maximum atomic E-state index is 9.28. The average Bonchev–Trinajstić information content (AvgIpc) is 2.04. The molecule has 1 N–H and O–H groups in total. The Balaban J connectivity index is 3.69. The molecular formula is C12H26O. The molecule has 0 fully saturated rings. The summed E-state index contributed by atoms with van der Waals surface area (Å²) in [6.45, 7) is 9.26. The molecule has 0 heterocycles. The molecule has 0 rings (SSSR count). The van der Waals surface area contributed by atoms with Gasteiger partial charge in [0, 0.05) is 6.61 Å². The van der Waals surface area contributed by atoms with Crippen molar-refractivity contribution < 1.29 is 5.11 Å². The lowest BCUT2D eigenvalue weighted by Crippen LogP contribution is -2.21. The molecule has 0 aliphatic rings. The Morgan fingerprint density at radius 1 is 1.23 bits per heavy atom. The van der Waals surface area contributed by atoms with E-state index in [0.717, 1.165) is 12.3 Å². The Bertz CT molecular complexity index is 120. The Labute approximate surface area is 83.5 Å². The molecule has 1 nitrogen and oxygen atoms in total. The van der Waals surface area contributed by atoms with Crippen molar-refractivity contribution in [3.8, 4) is 0 Å². The van der Waals surface area contributed by atoms with E-state index < -0.39 is 0 Å². The van der Waals surface area contributed by atoms with Gasteiger partial charge in [-0.15, -0.1) is 0 Å². The Hall–Kier alpha value is -0.0400. The van der Waals surface area contributed by atoms with Crippen molar-refractivity contribution in [2.24, 2.45) is 11.3 Å². The predicted octanol–water partition coefficient (Wildman–Crippen LogP) is 3.61. The van der Waals surface area contributed by atoms with Crippen molar-refractivity contribution in [3.63, 3.8) is 0 Å². The summed E-state index contributed by atoms with van der Waals surface area (Å²) in [6.07, 6.45) is 6.06. The molecule has 0 spiro atoms. The zero-order valence-corrected chi connectivity index (χ0v) is 9.77. The third-order valence-corrected chi connectivity index (χ3v) is 2.80. The third kappa shape index (κ3) is 6.09. The van der Waals surface area contributed by atoms with Crippen molar-refractivity contribution in [1.82, 2.24) is 0 Å². The first kappa shape index (κ1) is 13.0. The van der Waals surface area contributed by atoms with Crippen LogP contribution in [0.2, 0.25) is 0 Å². The van der Waals surface area contributed by atoms with Crippen LogP contribution in [0.15, 0.2) is 0 Å². The van der Waals surface area contributed by atoms with Crippen LogP contribution in [0.25, 0.3) is 0 Å². The van der Waals surface area contributed by atoms with Crippen LogP contribution in [0, 0.1) is 11.3 Å². The lowest BCUT2D eigenvalue weighted by Gasteiger charge is -2.27.